The Hall–Kier alpha value is -2.77. The SMILES string of the molecule is N#CCC(C1CCN(c2ncc(Br)s2)C1)n1cc(-c2ncnc3[nH]ccc23)cn1. The number of anilines is 1. The minimum absolute atomic E-state index is 0.0192. The van der Waals surface area contributed by atoms with Gasteiger partial charge in [-0.2, -0.15) is 10.4 Å². The van der Waals surface area contributed by atoms with Crippen molar-refractivity contribution in [3.8, 4) is 17.3 Å². The van der Waals surface area contributed by atoms with E-state index in [0.29, 0.717) is 12.3 Å². The standard InChI is InChI=1S/C19H17BrN8S/c20-16-8-23-19(29-16)27-6-3-12(9-27)15(1-4-21)28-10-13(7-26-28)17-14-2-5-22-18(14)25-11-24-17/h2,5,7-8,10-12,15H,1,3,6,9H2,(H,22,24,25). The number of fused-ring (bicyclic) bond motifs is 1. The molecular weight excluding hydrogens is 452 g/mol. The van der Waals surface area contributed by atoms with Crippen molar-refractivity contribution >= 4 is 43.4 Å². The number of nitrogens with one attached hydrogen (secondary N) is 1. The van der Waals surface area contributed by atoms with E-state index >= 15 is 0 Å². The van der Waals surface area contributed by atoms with Gasteiger partial charge in [-0.05, 0) is 28.4 Å². The molecule has 0 aromatic carbocycles. The normalized spacial score (nSPS) is 17.7. The van der Waals surface area contributed by atoms with E-state index in [1.165, 1.54) is 0 Å². The second-order valence-corrected chi connectivity index (χ2v) is 9.43. The summed E-state index contributed by atoms with van der Waals surface area (Å²) in [5.74, 6) is 0.336. The number of H-pyrrole nitrogens is 1. The van der Waals surface area contributed by atoms with Gasteiger partial charge >= 0.3 is 0 Å². The van der Waals surface area contributed by atoms with Gasteiger partial charge in [0, 0.05) is 42.4 Å². The number of aromatic nitrogens is 6. The summed E-state index contributed by atoms with van der Waals surface area (Å²) in [6, 6.07) is 4.33. The van der Waals surface area contributed by atoms with Gasteiger partial charge in [0.25, 0.3) is 0 Å². The molecule has 1 N–H and O–H groups in total. The number of nitriles is 1. The van der Waals surface area contributed by atoms with Crippen molar-refractivity contribution in [2.75, 3.05) is 18.0 Å². The predicted octanol–water partition coefficient (Wildman–Crippen LogP) is 4.02. The summed E-state index contributed by atoms with van der Waals surface area (Å²) in [5, 5.41) is 16.0. The van der Waals surface area contributed by atoms with Crippen molar-refractivity contribution in [1.29, 1.82) is 5.26 Å². The fourth-order valence-corrected chi connectivity index (χ4v) is 5.20. The molecule has 4 aromatic rings. The van der Waals surface area contributed by atoms with Crippen LogP contribution in [0.15, 0.2) is 41.0 Å². The van der Waals surface area contributed by atoms with E-state index in [2.05, 4.69) is 51.9 Å². The number of halogens is 1. The Morgan fingerprint density at radius 2 is 2.28 bits per heavy atom. The molecule has 0 radical (unpaired) electrons. The average Bonchev–Trinajstić information content (AvgIpc) is 3.52. The molecule has 29 heavy (non-hydrogen) atoms. The molecule has 1 aliphatic heterocycles. The van der Waals surface area contributed by atoms with Crippen molar-refractivity contribution < 1.29 is 0 Å². The fraction of sp³-hybridized carbons (Fsp3) is 0.316. The number of aromatic amines is 1. The summed E-state index contributed by atoms with van der Waals surface area (Å²) in [5.41, 5.74) is 2.58. The molecule has 2 atom stereocenters. The quantitative estimate of drug-likeness (QED) is 0.474. The highest BCUT2D eigenvalue weighted by atomic mass is 79.9. The van der Waals surface area contributed by atoms with E-state index in [9.17, 15) is 5.26 Å². The Morgan fingerprint density at radius 3 is 3.10 bits per heavy atom. The molecule has 0 aliphatic carbocycles. The van der Waals surface area contributed by atoms with Gasteiger partial charge in [-0.25, -0.2) is 15.0 Å². The maximum Gasteiger partial charge on any atom is 0.186 e. The summed E-state index contributed by atoms with van der Waals surface area (Å²) in [6.45, 7) is 1.81. The van der Waals surface area contributed by atoms with Gasteiger partial charge < -0.3 is 9.88 Å². The van der Waals surface area contributed by atoms with E-state index in [-0.39, 0.29) is 6.04 Å². The van der Waals surface area contributed by atoms with Gasteiger partial charge in [0.05, 0.1) is 40.4 Å². The van der Waals surface area contributed by atoms with Crippen LogP contribution in [0.1, 0.15) is 18.9 Å². The van der Waals surface area contributed by atoms with E-state index < -0.39 is 0 Å². The molecular formula is C19H17BrN8S. The lowest BCUT2D eigenvalue weighted by Gasteiger charge is -2.22. The number of nitrogens with zero attached hydrogens (tertiary/aromatic N) is 7. The van der Waals surface area contributed by atoms with Crippen LogP contribution in [-0.4, -0.2) is 42.8 Å². The first kappa shape index (κ1) is 18.3. The van der Waals surface area contributed by atoms with Crippen LogP contribution in [-0.2, 0) is 0 Å². The molecule has 1 saturated heterocycles. The van der Waals surface area contributed by atoms with E-state index in [4.69, 9.17) is 0 Å². The zero-order valence-corrected chi connectivity index (χ0v) is 17.8. The van der Waals surface area contributed by atoms with Crippen molar-refractivity contribution in [1.82, 2.24) is 29.7 Å². The summed E-state index contributed by atoms with van der Waals surface area (Å²) in [7, 11) is 0. The summed E-state index contributed by atoms with van der Waals surface area (Å²) < 4.78 is 2.97. The number of hydrogen-bond donors (Lipinski definition) is 1. The molecule has 1 fully saturated rings. The molecule has 0 spiro atoms. The molecule has 4 aromatic heterocycles. The first-order valence-corrected chi connectivity index (χ1v) is 10.9. The molecule has 0 bridgehead atoms. The van der Waals surface area contributed by atoms with Gasteiger partial charge in [0.15, 0.2) is 5.13 Å². The van der Waals surface area contributed by atoms with Crippen LogP contribution < -0.4 is 4.90 Å². The molecule has 1 aliphatic rings. The Morgan fingerprint density at radius 1 is 1.34 bits per heavy atom. The van der Waals surface area contributed by atoms with Crippen molar-refractivity contribution in [2.45, 2.75) is 18.9 Å². The van der Waals surface area contributed by atoms with Crippen LogP contribution >= 0.6 is 27.3 Å². The Kier molecular flexibility index (Phi) is 4.77. The number of thiazole rings is 1. The van der Waals surface area contributed by atoms with Crippen LogP contribution in [0.5, 0.6) is 0 Å². The van der Waals surface area contributed by atoms with Crippen LogP contribution in [0, 0.1) is 17.2 Å². The number of hydrogen-bond acceptors (Lipinski definition) is 7. The third-order valence-electron chi connectivity index (χ3n) is 5.37. The van der Waals surface area contributed by atoms with Crippen LogP contribution in [0.25, 0.3) is 22.3 Å². The Labute approximate surface area is 179 Å². The summed E-state index contributed by atoms with van der Waals surface area (Å²) in [4.78, 5) is 18.6. The van der Waals surface area contributed by atoms with Crippen LogP contribution in [0.2, 0.25) is 0 Å². The van der Waals surface area contributed by atoms with Gasteiger partial charge in [-0.1, -0.05) is 11.3 Å². The Bertz CT molecular complexity index is 1190. The smallest absolute Gasteiger partial charge is 0.186 e. The largest absolute Gasteiger partial charge is 0.348 e. The molecule has 10 heteroatoms. The molecule has 0 amide bonds. The predicted molar refractivity (Wildman–Crippen MR) is 115 cm³/mol. The molecule has 5 heterocycles. The minimum Gasteiger partial charge on any atom is -0.348 e. The fourth-order valence-electron chi connectivity index (χ4n) is 3.98. The van der Waals surface area contributed by atoms with Gasteiger partial charge in [0.1, 0.15) is 12.0 Å². The number of rotatable bonds is 5. The third-order valence-corrected chi connectivity index (χ3v) is 6.91. The zero-order valence-electron chi connectivity index (χ0n) is 15.4. The molecule has 2 unspecified atom stereocenters. The summed E-state index contributed by atoms with van der Waals surface area (Å²) >= 11 is 5.12. The van der Waals surface area contributed by atoms with Crippen LogP contribution in [0.4, 0.5) is 5.13 Å². The van der Waals surface area contributed by atoms with E-state index in [1.807, 2.05) is 35.5 Å². The van der Waals surface area contributed by atoms with Crippen LogP contribution in [0.3, 0.4) is 0 Å². The molecule has 5 rings (SSSR count). The van der Waals surface area contributed by atoms with Gasteiger partial charge in [-0.15, -0.1) is 0 Å². The molecule has 0 saturated carbocycles. The topological polar surface area (TPSA) is 99.3 Å². The lowest BCUT2D eigenvalue weighted by Crippen LogP contribution is -2.24. The lowest BCUT2D eigenvalue weighted by molar-refractivity contribution is 0.332. The van der Waals surface area contributed by atoms with Gasteiger partial charge in [0.2, 0.25) is 0 Å². The first-order valence-electron chi connectivity index (χ1n) is 9.29. The van der Waals surface area contributed by atoms with Gasteiger partial charge in [-0.3, -0.25) is 4.68 Å². The monoisotopic (exact) mass is 468 g/mol. The van der Waals surface area contributed by atoms with Crippen molar-refractivity contribution in [2.24, 2.45) is 5.92 Å². The van der Waals surface area contributed by atoms with Crippen molar-refractivity contribution in [3.05, 3.63) is 41.0 Å². The molecule has 146 valence electrons. The molecule has 8 nitrogen and oxygen atoms in total. The highest BCUT2D eigenvalue weighted by molar-refractivity contribution is 9.11. The second-order valence-electron chi connectivity index (χ2n) is 7.04. The average molecular weight is 469 g/mol. The second kappa shape index (κ2) is 7.57. The highest BCUT2D eigenvalue weighted by Gasteiger charge is 2.32. The van der Waals surface area contributed by atoms with E-state index in [0.717, 1.165) is 50.7 Å². The third kappa shape index (κ3) is 3.41. The van der Waals surface area contributed by atoms with E-state index in [1.54, 1.807) is 17.7 Å². The lowest BCUT2D eigenvalue weighted by atomic mass is 9.96. The zero-order chi connectivity index (χ0) is 19.8. The maximum absolute atomic E-state index is 9.44. The maximum atomic E-state index is 9.44. The first-order chi connectivity index (χ1) is 14.2. The highest BCUT2D eigenvalue weighted by Crippen LogP contribution is 2.36. The Balaban J connectivity index is 1.41. The van der Waals surface area contributed by atoms with Crippen molar-refractivity contribution in [3.63, 3.8) is 0 Å². The summed E-state index contributed by atoms with van der Waals surface area (Å²) in [6.07, 6.45) is 10.5. The minimum atomic E-state index is 0.0192.